The van der Waals surface area contributed by atoms with E-state index in [-0.39, 0.29) is 23.5 Å². The molecule has 1 atom stereocenters. The maximum atomic E-state index is 11.7. The summed E-state index contributed by atoms with van der Waals surface area (Å²) in [4.78, 5) is 11.7. The van der Waals surface area contributed by atoms with Gasteiger partial charge >= 0.3 is 5.97 Å². The Morgan fingerprint density at radius 3 is 2.12 bits per heavy atom. The summed E-state index contributed by atoms with van der Waals surface area (Å²) in [6.45, 7) is 15.8. The molecule has 0 N–H and O–H groups in total. The van der Waals surface area contributed by atoms with Crippen LogP contribution < -0.4 is 4.43 Å². The number of hydrogen-bond donors (Lipinski definition) is 0. The smallest absolute Gasteiger partial charge is 0.308 e. The van der Waals surface area contributed by atoms with Gasteiger partial charge in [-0.2, -0.15) is 0 Å². The average molecular weight is 353 g/mol. The number of esters is 1. The van der Waals surface area contributed by atoms with Gasteiger partial charge in [-0.15, -0.1) is 0 Å². The maximum absolute atomic E-state index is 11.7. The third-order valence-electron chi connectivity index (χ3n) is 4.46. The molecule has 1 unspecified atom stereocenters. The lowest BCUT2D eigenvalue weighted by atomic mass is 10.1. The topological polar surface area (TPSA) is 44.8 Å². The second-order valence-corrected chi connectivity index (χ2v) is 12.1. The minimum Gasteiger partial charge on any atom is -0.544 e. The minimum absolute atomic E-state index is 0.156. The Morgan fingerprint density at radius 1 is 1.08 bits per heavy atom. The van der Waals surface area contributed by atoms with Gasteiger partial charge in [-0.05, 0) is 49.7 Å². The SMILES string of the molecule is CCOC(=O)CC(OCC)c1ccc(O[Si](C)(C)C(C)(C)C)cc1. The van der Waals surface area contributed by atoms with Crippen LogP contribution in [-0.2, 0) is 14.3 Å². The van der Waals surface area contributed by atoms with Crippen molar-refractivity contribution in [3.05, 3.63) is 29.8 Å². The number of carbonyl (C=O) groups excluding carboxylic acids is 1. The first kappa shape index (κ1) is 20.7. The molecule has 24 heavy (non-hydrogen) atoms. The van der Waals surface area contributed by atoms with Crippen molar-refractivity contribution in [3.63, 3.8) is 0 Å². The molecule has 0 radical (unpaired) electrons. The number of carbonyl (C=O) groups is 1. The summed E-state index contributed by atoms with van der Waals surface area (Å²) < 4.78 is 17.0. The molecule has 0 aliphatic rings. The summed E-state index contributed by atoms with van der Waals surface area (Å²) in [5.41, 5.74) is 0.965. The zero-order valence-corrected chi connectivity index (χ0v) is 17.1. The standard InChI is InChI=1S/C19H32O4Si/c1-8-21-17(14-18(20)22-9-2)15-10-12-16(13-11-15)23-24(6,7)19(3,4)5/h10-13,17H,8-9,14H2,1-7H3. The van der Waals surface area contributed by atoms with E-state index in [0.717, 1.165) is 11.3 Å². The molecular weight excluding hydrogens is 320 g/mol. The van der Waals surface area contributed by atoms with Crippen LogP contribution in [-0.4, -0.2) is 27.5 Å². The molecule has 0 saturated heterocycles. The second kappa shape index (κ2) is 8.67. The number of rotatable bonds is 8. The minimum atomic E-state index is -1.85. The molecule has 0 amide bonds. The van der Waals surface area contributed by atoms with Crippen molar-refractivity contribution in [1.82, 2.24) is 0 Å². The predicted octanol–water partition coefficient (Wildman–Crippen LogP) is 5.10. The van der Waals surface area contributed by atoms with Gasteiger partial charge < -0.3 is 13.9 Å². The maximum Gasteiger partial charge on any atom is 0.308 e. The van der Waals surface area contributed by atoms with Gasteiger partial charge in [0.2, 0.25) is 8.32 Å². The molecule has 0 saturated carbocycles. The van der Waals surface area contributed by atoms with Crippen molar-refractivity contribution in [2.24, 2.45) is 0 Å². The van der Waals surface area contributed by atoms with Crippen molar-refractivity contribution in [1.29, 1.82) is 0 Å². The fourth-order valence-corrected chi connectivity index (χ4v) is 3.08. The third kappa shape index (κ3) is 5.95. The van der Waals surface area contributed by atoms with E-state index in [0.29, 0.717) is 13.2 Å². The largest absolute Gasteiger partial charge is 0.544 e. The number of benzene rings is 1. The van der Waals surface area contributed by atoms with Crippen LogP contribution in [0.15, 0.2) is 24.3 Å². The Balaban J connectivity index is 2.85. The van der Waals surface area contributed by atoms with Crippen LogP contribution in [0.4, 0.5) is 0 Å². The highest BCUT2D eigenvalue weighted by Crippen LogP contribution is 2.37. The fraction of sp³-hybridized carbons (Fsp3) is 0.632. The van der Waals surface area contributed by atoms with E-state index >= 15 is 0 Å². The highest BCUT2D eigenvalue weighted by atomic mass is 28.4. The first-order valence-corrected chi connectivity index (χ1v) is 11.6. The summed E-state index contributed by atoms with van der Waals surface area (Å²) in [5, 5.41) is 0.156. The number of ether oxygens (including phenoxy) is 2. The van der Waals surface area contributed by atoms with Gasteiger partial charge in [0, 0.05) is 6.61 Å². The average Bonchev–Trinajstić information content (AvgIpc) is 2.46. The fourth-order valence-electron chi connectivity index (χ4n) is 2.04. The monoisotopic (exact) mass is 352 g/mol. The molecule has 1 rings (SSSR count). The molecule has 0 bridgehead atoms. The van der Waals surface area contributed by atoms with E-state index in [1.165, 1.54) is 0 Å². The molecule has 0 aliphatic heterocycles. The van der Waals surface area contributed by atoms with E-state index in [1.807, 2.05) is 31.2 Å². The zero-order valence-electron chi connectivity index (χ0n) is 16.1. The Labute approximate surface area is 147 Å². The lowest BCUT2D eigenvalue weighted by Gasteiger charge is -2.36. The Hall–Kier alpha value is -1.33. The quantitative estimate of drug-likeness (QED) is 0.482. The summed E-state index contributed by atoms with van der Waals surface area (Å²) in [7, 11) is -1.85. The lowest BCUT2D eigenvalue weighted by Crippen LogP contribution is -2.43. The predicted molar refractivity (Wildman–Crippen MR) is 99.9 cm³/mol. The first-order chi connectivity index (χ1) is 11.1. The van der Waals surface area contributed by atoms with Crippen LogP contribution in [0.5, 0.6) is 5.75 Å². The third-order valence-corrected chi connectivity index (χ3v) is 8.81. The van der Waals surface area contributed by atoms with Crippen LogP contribution in [0, 0.1) is 0 Å². The van der Waals surface area contributed by atoms with Crippen LogP contribution in [0.3, 0.4) is 0 Å². The molecule has 0 fully saturated rings. The van der Waals surface area contributed by atoms with Crippen LogP contribution in [0.1, 0.15) is 52.7 Å². The molecular formula is C19H32O4Si. The highest BCUT2D eigenvalue weighted by molar-refractivity contribution is 6.74. The Kier molecular flexibility index (Phi) is 7.48. The van der Waals surface area contributed by atoms with E-state index in [9.17, 15) is 4.79 Å². The molecule has 1 aromatic carbocycles. The summed E-state index contributed by atoms with van der Waals surface area (Å²) in [6.07, 6.45) is -0.0552. The van der Waals surface area contributed by atoms with Crippen molar-refractivity contribution >= 4 is 14.3 Å². The van der Waals surface area contributed by atoms with Gasteiger partial charge in [-0.3, -0.25) is 4.79 Å². The van der Waals surface area contributed by atoms with Gasteiger partial charge in [-0.25, -0.2) is 0 Å². The highest BCUT2D eigenvalue weighted by Gasteiger charge is 2.38. The summed E-state index contributed by atoms with van der Waals surface area (Å²) >= 11 is 0. The summed E-state index contributed by atoms with van der Waals surface area (Å²) in [6, 6.07) is 7.88. The molecule has 5 heteroatoms. The molecule has 0 aromatic heterocycles. The van der Waals surface area contributed by atoms with Crippen molar-refractivity contribution < 1.29 is 18.7 Å². The second-order valence-electron chi connectivity index (χ2n) is 7.38. The normalized spacial score (nSPS) is 13.5. The lowest BCUT2D eigenvalue weighted by molar-refractivity contribution is -0.146. The van der Waals surface area contributed by atoms with Crippen LogP contribution in [0.2, 0.25) is 18.1 Å². The molecule has 0 heterocycles. The van der Waals surface area contributed by atoms with Crippen molar-refractivity contribution in [2.75, 3.05) is 13.2 Å². The van der Waals surface area contributed by atoms with E-state index in [2.05, 4.69) is 33.9 Å². The molecule has 4 nitrogen and oxygen atoms in total. The summed E-state index contributed by atoms with van der Waals surface area (Å²) in [5.74, 6) is 0.634. The zero-order chi connectivity index (χ0) is 18.4. The van der Waals surface area contributed by atoms with Gasteiger partial charge in [0.15, 0.2) is 0 Å². The number of hydrogen-bond acceptors (Lipinski definition) is 4. The van der Waals surface area contributed by atoms with Gasteiger partial charge in [-0.1, -0.05) is 32.9 Å². The van der Waals surface area contributed by atoms with Gasteiger partial charge in [0.25, 0.3) is 0 Å². The van der Waals surface area contributed by atoms with E-state index < -0.39 is 8.32 Å². The Bertz CT molecular complexity index is 517. The van der Waals surface area contributed by atoms with Crippen LogP contribution >= 0.6 is 0 Å². The van der Waals surface area contributed by atoms with Crippen LogP contribution in [0.25, 0.3) is 0 Å². The first-order valence-electron chi connectivity index (χ1n) is 8.67. The van der Waals surface area contributed by atoms with E-state index in [4.69, 9.17) is 13.9 Å². The molecule has 136 valence electrons. The molecule has 0 spiro atoms. The van der Waals surface area contributed by atoms with E-state index in [1.54, 1.807) is 6.92 Å². The van der Waals surface area contributed by atoms with Crippen molar-refractivity contribution in [3.8, 4) is 5.75 Å². The van der Waals surface area contributed by atoms with Crippen molar-refractivity contribution in [2.45, 2.75) is 65.3 Å². The Morgan fingerprint density at radius 2 is 1.67 bits per heavy atom. The van der Waals surface area contributed by atoms with Gasteiger partial charge in [0.1, 0.15) is 5.75 Å². The molecule has 1 aromatic rings. The molecule has 0 aliphatic carbocycles. The van der Waals surface area contributed by atoms with Gasteiger partial charge in [0.05, 0.1) is 19.1 Å².